The Bertz CT molecular complexity index is 572. The van der Waals surface area contributed by atoms with Gasteiger partial charge in [0.1, 0.15) is 0 Å². The fourth-order valence-corrected chi connectivity index (χ4v) is 2.89. The molecule has 1 aliphatic carbocycles. The van der Waals surface area contributed by atoms with Gasteiger partial charge in [-0.15, -0.1) is 0 Å². The van der Waals surface area contributed by atoms with Crippen LogP contribution >= 0.6 is 0 Å². The topological polar surface area (TPSA) is 50.9 Å². The predicted molar refractivity (Wildman–Crippen MR) is 83.4 cm³/mol. The van der Waals surface area contributed by atoms with Crippen molar-refractivity contribution in [3.8, 4) is 0 Å². The average molecular weight is 269 g/mol. The molecule has 1 saturated carbocycles. The second-order valence-corrected chi connectivity index (χ2v) is 5.93. The molecule has 0 aliphatic heterocycles. The monoisotopic (exact) mass is 269 g/mol. The number of fused-ring (bicyclic) bond motifs is 1. The van der Waals surface area contributed by atoms with Crippen LogP contribution in [0.25, 0.3) is 10.9 Å². The standard InChI is InChI=1S/C17H23N3/c1-12(13-7-8-13)11-20-16(10-18)15-6-2-4-14-5-3-9-19-17(14)15/h2-6,9,12-13,16,20H,7-8,10-11,18H2,1H3. The molecule has 0 bridgehead atoms. The van der Waals surface area contributed by atoms with E-state index < -0.39 is 0 Å². The Kier molecular flexibility index (Phi) is 3.99. The summed E-state index contributed by atoms with van der Waals surface area (Å²) >= 11 is 0. The van der Waals surface area contributed by atoms with Gasteiger partial charge >= 0.3 is 0 Å². The number of rotatable bonds is 6. The molecular formula is C17H23N3. The van der Waals surface area contributed by atoms with Crippen LogP contribution in [-0.2, 0) is 0 Å². The molecule has 1 aromatic carbocycles. The van der Waals surface area contributed by atoms with Gasteiger partial charge in [0.2, 0.25) is 0 Å². The van der Waals surface area contributed by atoms with Crippen LogP contribution < -0.4 is 11.1 Å². The van der Waals surface area contributed by atoms with Gasteiger partial charge in [0, 0.05) is 24.2 Å². The summed E-state index contributed by atoms with van der Waals surface area (Å²) in [6.45, 7) is 3.97. The molecule has 2 atom stereocenters. The summed E-state index contributed by atoms with van der Waals surface area (Å²) < 4.78 is 0. The molecule has 3 N–H and O–H groups in total. The number of nitrogens with zero attached hydrogens (tertiary/aromatic N) is 1. The number of hydrogen-bond donors (Lipinski definition) is 2. The molecular weight excluding hydrogens is 246 g/mol. The maximum absolute atomic E-state index is 5.98. The maximum Gasteiger partial charge on any atom is 0.0750 e. The Morgan fingerprint density at radius 2 is 2.10 bits per heavy atom. The lowest BCUT2D eigenvalue weighted by Crippen LogP contribution is -2.32. The van der Waals surface area contributed by atoms with Crippen LogP contribution in [-0.4, -0.2) is 18.1 Å². The van der Waals surface area contributed by atoms with Crippen LogP contribution in [0, 0.1) is 11.8 Å². The summed E-state index contributed by atoms with van der Waals surface area (Å²) in [6.07, 6.45) is 4.64. The first kappa shape index (κ1) is 13.5. The molecule has 20 heavy (non-hydrogen) atoms. The summed E-state index contributed by atoms with van der Waals surface area (Å²) in [4.78, 5) is 4.53. The van der Waals surface area contributed by atoms with Crippen molar-refractivity contribution in [2.24, 2.45) is 17.6 Å². The van der Waals surface area contributed by atoms with Gasteiger partial charge in [0.25, 0.3) is 0 Å². The number of pyridine rings is 1. The smallest absolute Gasteiger partial charge is 0.0750 e. The van der Waals surface area contributed by atoms with Crippen LogP contribution in [0.2, 0.25) is 0 Å². The van der Waals surface area contributed by atoms with E-state index in [2.05, 4.69) is 41.5 Å². The molecule has 0 spiro atoms. The molecule has 3 heteroatoms. The molecule has 2 aromatic rings. The van der Waals surface area contributed by atoms with Crippen molar-refractivity contribution in [2.45, 2.75) is 25.8 Å². The van der Waals surface area contributed by atoms with E-state index in [0.29, 0.717) is 6.54 Å². The summed E-state index contributed by atoms with van der Waals surface area (Å²) in [5.41, 5.74) is 8.27. The largest absolute Gasteiger partial charge is 0.329 e. The van der Waals surface area contributed by atoms with E-state index in [1.807, 2.05) is 12.3 Å². The van der Waals surface area contributed by atoms with Crippen LogP contribution in [0.15, 0.2) is 36.5 Å². The lowest BCUT2D eigenvalue weighted by molar-refractivity contribution is 0.423. The highest BCUT2D eigenvalue weighted by Crippen LogP contribution is 2.36. The second kappa shape index (κ2) is 5.90. The molecule has 1 aliphatic rings. The SMILES string of the molecule is CC(CNC(CN)c1cccc2cccnc12)C1CC1. The number of nitrogens with two attached hydrogens (primary N) is 1. The molecule has 0 amide bonds. The third-order valence-corrected chi connectivity index (χ3v) is 4.39. The zero-order valence-electron chi connectivity index (χ0n) is 12.0. The zero-order valence-corrected chi connectivity index (χ0v) is 12.0. The summed E-state index contributed by atoms with van der Waals surface area (Å²) in [6, 6.07) is 10.6. The minimum atomic E-state index is 0.190. The third kappa shape index (κ3) is 2.84. The Morgan fingerprint density at radius 3 is 2.85 bits per heavy atom. The molecule has 0 radical (unpaired) electrons. The lowest BCUT2D eigenvalue weighted by Gasteiger charge is -2.21. The first-order valence-electron chi connectivity index (χ1n) is 7.56. The van der Waals surface area contributed by atoms with Gasteiger partial charge in [0.15, 0.2) is 0 Å². The molecule has 106 valence electrons. The van der Waals surface area contributed by atoms with Crippen molar-refractivity contribution in [1.82, 2.24) is 10.3 Å². The van der Waals surface area contributed by atoms with Gasteiger partial charge in [-0.05, 0) is 42.9 Å². The van der Waals surface area contributed by atoms with E-state index in [4.69, 9.17) is 5.73 Å². The second-order valence-electron chi connectivity index (χ2n) is 5.93. The van der Waals surface area contributed by atoms with E-state index in [-0.39, 0.29) is 6.04 Å². The minimum absolute atomic E-state index is 0.190. The molecule has 1 fully saturated rings. The van der Waals surface area contributed by atoms with E-state index in [9.17, 15) is 0 Å². The van der Waals surface area contributed by atoms with Crippen molar-refractivity contribution in [3.05, 3.63) is 42.1 Å². The highest BCUT2D eigenvalue weighted by atomic mass is 14.9. The Morgan fingerprint density at radius 1 is 1.30 bits per heavy atom. The van der Waals surface area contributed by atoms with Crippen molar-refractivity contribution in [1.29, 1.82) is 0 Å². The van der Waals surface area contributed by atoms with E-state index in [1.165, 1.54) is 23.8 Å². The fourth-order valence-electron chi connectivity index (χ4n) is 2.89. The Labute approximate surface area is 120 Å². The van der Waals surface area contributed by atoms with Gasteiger partial charge in [-0.3, -0.25) is 4.98 Å². The Balaban J connectivity index is 1.79. The normalized spacial score (nSPS) is 18.1. The summed E-state index contributed by atoms with van der Waals surface area (Å²) in [5.74, 6) is 1.67. The number of benzene rings is 1. The number of para-hydroxylation sites is 1. The molecule has 2 unspecified atom stereocenters. The van der Waals surface area contributed by atoms with Crippen LogP contribution in [0.3, 0.4) is 0 Å². The first-order chi connectivity index (χ1) is 9.79. The molecule has 3 nitrogen and oxygen atoms in total. The average Bonchev–Trinajstić information content (AvgIpc) is 3.32. The fraction of sp³-hybridized carbons (Fsp3) is 0.471. The minimum Gasteiger partial charge on any atom is -0.329 e. The molecule has 1 heterocycles. The van der Waals surface area contributed by atoms with E-state index in [0.717, 1.165) is 23.9 Å². The Hall–Kier alpha value is -1.45. The van der Waals surface area contributed by atoms with E-state index in [1.54, 1.807) is 0 Å². The molecule has 3 rings (SSSR count). The number of nitrogens with one attached hydrogen (secondary N) is 1. The molecule has 1 aromatic heterocycles. The van der Waals surface area contributed by atoms with Gasteiger partial charge in [0.05, 0.1) is 5.52 Å². The maximum atomic E-state index is 5.98. The van der Waals surface area contributed by atoms with Crippen molar-refractivity contribution < 1.29 is 0 Å². The predicted octanol–water partition coefficient (Wildman–Crippen LogP) is 2.87. The number of aromatic nitrogens is 1. The summed E-state index contributed by atoms with van der Waals surface area (Å²) in [7, 11) is 0. The van der Waals surface area contributed by atoms with Crippen molar-refractivity contribution in [2.75, 3.05) is 13.1 Å². The highest BCUT2D eigenvalue weighted by molar-refractivity contribution is 5.82. The molecule has 0 saturated heterocycles. The number of hydrogen-bond acceptors (Lipinski definition) is 3. The van der Waals surface area contributed by atoms with Gasteiger partial charge < -0.3 is 11.1 Å². The van der Waals surface area contributed by atoms with Crippen LogP contribution in [0.5, 0.6) is 0 Å². The quantitative estimate of drug-likeness (QED) is 0.848. The zero-order chi connectivity index (χ0) is 13.9. The lowest BCUT2D eigenvalue weighted by atomic mass is 10.0. The highest BCUT2D eigenvalue weighted by Gasteiger charge is 2.28. The first-order valence-corrected chi connectivity index (χ1v) is 7.56. The van der Waals surface area contributed by atoms with Crippen molar-refractivity contribution in [3.63, 3.8) is 0 Å². The van der Waals surface area contributed by atoms with Gasteiger partial charge in [-0.1, -0.05) is 31.2 Å². The van der Waals surface area contributed by atoms with Gasteiger partial charge in [-0.2, -0.15) is 0 Å². The van der Waals surface area contributed by atoms with Crippen molar-refractivity contribution >= 4 is 10.9 Å². The van der Waals surface area contributed by atoms with Crippen LogP contribution in [0.1, 0.15) is 31.4 Å². The third-order valence-electron chi connectivity index (χ3n) is 4.39. The van der Waals surface area contributed by atoms with Gasteiger partial charge in [-0.25, -0.2) is 0 Å². The van der Waals surface area contributed by atoms with Crippen LogP contribution in [0.4, 0.5) is 0 Å². The van der Waals surface area contributed by atoms with E-state index >= 15 is 0 Å². The summed E-state index contributed by atoms with van der Waals surface area (Å²) in [5, 5.41) is 4.81.